The third kappa shape index (κ3) is 1.96. The Morgan fingerprint density at radius 1 is 1.50 bits per heavy atom. The Bertz CT molecular complexity index is 73.3. The summed E-state index contributed by atoms with van der Waals surface area (Å²) in [7, 11) is 0. The van der Waals surface area contributed by atoms with Crippen molar-refractivity contribution < 1.29 is 0 Å². The summed E-state index contributed by atoms with van der Waals surface area (Å²) in [5.74, 6) is 0. The normalized spacial score (nSPS) is 28.8. The maximum atomic E-state index is 3.50. The minimum Gasteiger partial charge on any atom is -0.301 e. The highest BCUT2D eigenvalue weighted by Crippen LogP contribution is 2.04. The molecule has 0 amide bonds. The second kappa shape index (κ2) is 3.94. The third-order valence-electron chi connectivity index (χ3n) is 2.34. The van der Waals surface area contributed by atoms with E-state index < -0.39 is 0 Å². The Balaban J connectivity index is 2.17. The number of nitrogens with zero attached hydrogens (tertiary/aromatic N) is 1. The Hall–Kier alpha value is -0.0800. The molecule has 0 bridgehead atoms. The van der Waals surface area contributed by atoms with Gasteiger partial charge >= 0.3 is 0 Å². The minimum atomic E-state index is 0.780. The number of hydrogen-bond donors (Lipinski definition) is 1. The summed E-state index contributed by atoms with van der Waals surface area (Å²) in [6.45, 7) is 8.02. The van der Waals surface area contributed by atoms with Crippen molar-refractivity contribution in [3.05, 3.63) is 0 Å². The maximum absolute atomic E-state index is 3.50. The van der Waals surface area contributed by atoms with Crippen molar-refractivity contribution in [1.29, 1.82) is 0 Å². The minimum absolute atomic E-state index is 0.780. The van der Waals surface area contributed by atoms with E-state index in [4.69, 9.17) is 0 Å². The number of hydrogen-bond acceptors (Lipinski definition) is 2. The molecule has 1 atom stereocenters. The lowest BCUT2D eigenvalue weighted by atomic mass is 10.1. The van der Waals surface area contributed by atoms with Gasteiger partial charge in [0.05, 0.1) is 0 Å². The Labute approximate surface area is 63.6 Å². The van der Waals surface area contributed by atoms with Crippen LogP contribution in [0.15, 0.2) is 0 Å². The van der Waals surface area contributed by atoms with Crippen LogP contribution in [0.25, 0.3) is 0 Å². The second-order valence-electron chi connectivity index (χ2n) is 2.97. The smallest absolute Gasteiger partial charge is 0.0482 e. The zero-order chi connectivity index (χ0) is 7.40. The first-order chi connectivity index (χ1) is 4.86. The number of nitrogens with one attached hydrogen (secondary N) is 1. The molecular formula is C8H18N2. The molecule has 0 aromatic heterocycles. The van der Waals surface area contributed by atoms with Gasteiger partial charge in [-0.15, -0.1) is 0 Å². The van der Waals surface area contributed by atoms with Crippen LogP contribution in [0.4, 0.5) is 0 Å². The molecule has 1 aliphatic heterocycles. The molecule has 1 aliphatic rings. The van der Waals surface area contributed by atoms with Crippen LogP contribution in [0, 0.1) is 0 Å². The van der Waals surface area contributed by atoms with E-state index >= 15 is 0 Å². The molecule has 60 valence electrons. The summed E-state index contributed by atoms with van der Waals surface area (Å²) in [5.41, 5.74) is 0. The topological polar surface area (TPSA) is 15.3 Å². The molecule has 10 heavy (non-hydrogen) atoms. The molecule has 2 heteroatoms. The van der Waals surface area contributed by atoms with Crippen LogP contribution in [0.3, 0.4) is 0 Å². The van der Waals surface area contributed by atoms with Crippen LogP contribution < -0.4 is 5.32 Å². The van der Waals surface area contributed by atoms with Crippen LogP contribution in [0.2, 0.25) is 0 Å². The van der Waals surface area contributed by atoms with Gasteiger partial charge in [0.15, 0.2) is 0 Å². The van der Waals surface area contributed by atoms with E-state index in [2.05, 4.69) is 24.1 Å². The highest BCUT2D eigenvalue weighted by atomic mass is 15.2. The van der Waals surface area contributed by atoms with Crippen LogP contribution in [0.5, 0.6) is 0 Å². The first-order valence-electron chi connectivity index (χ1n) is 4.32. The standard InChI is InChI=1S/C8H18N2/c1-3-8-5-6-10(4-2)7-9-8/h8-9H,3-7H2,1-2H3. The molecular weight excluding hydrogens is 124 g/mol. The lowest BCUT2D eigenvalue weighted by Crippen LogP contribution is -2.47. The van der Waals surface area contributed by atoms with Gasteiger partial charge < -0.3 is 5.32 Å². The summed E-state index contributed by atoms with van der Waals surface area (Å²) in [6, 6.07) is 0.780. The first kappa shape index (κ1) is 8.02. The molecule has 0 aliphatic carbocycles. The van der Waals surface area contributed by atoms with Crippen LogP contribution in [0.1, 0.15) is 26.7 Å². The zero-order valence-electron chi connectivity index (χ0n) is 7.06. The summed E-state index contributed by atoms with van der Waals surface area (Å²) in [6.07, 6.45) is 2.60. The molecule has 1 fully saturated rings. The zero-order valence-corrected chi connectivity index (χ0v) is 7.06. The van der Waals surface area contributed by atoms with E-state index in [1.54, 1.807) is 0 Å². The van der Waals surface area contributed by atoms with Gasteiger partial charge in [-0.3, -0.25) is 4.90 Å². The average Bonchev–Trinajstić information content (AvgIpc) is 2.05. The molecule has 1 unspecified atom stereocenters. The average molecular weight is 142 g/mol. The molecule has 1 N–H and O–H groups in total. The molecule has 1 heterocycles. The molecule has 0 saturated carbocycles. The molecule has 1 saturated heterocycles. The van der Waals surface area contributed by atoms with E-state index in [1.165, 1.54) is 25.9 Å². The third-order valence-corrected chi connectivity index (χ3v) is 2.34. The highest BCUT2D eigenvalue weighted by Gasteiger charge is 2.14. The van der Waals surface area contributed by atoms with E-state index in [1.807, 2.05) is 0 Å². The maximum Gasteiger partial charge on any atom is 0.0482 e. The lowest BCUT2D eigenvalue weighted by Gasteiger charge is -2.31. The summed E-state index contributed by atoms with van der Waals surface area (Å²) in [4.78, 5) is 2.44. The van der Waals surface area contributed by atoms with Gasteiger partial charge in [-0.1, -0.05) is 13.8 Å². The molecule has 0 spiro atoms. The van der Waals surface area contributed by atoms with Gasteiger partial charge in [-0.05, 0) is 19.4 Å². The van der Waals surface area contributed by atoms with Crippen LogP contribution in [-0.4, -0.2) is 30.7 Å². The number of rotatable bonds is 2. The quantitative estimate of drug-likeness (QED) is 0.619. The summed E-state index contributed by atoms with van der Waals surface area (Å²) in [5, 5.41) is 3.50. The first-order valence-corrected chi connectivity index (χ1v) is 4.32. The fourth-order valence-electron chi connectivity index (χ4n) is 1.40. The Morgan fingerprint density at radius 2 is 2.30 bits per heavy atom. The largest absolute Gasteiger partial charge is 0.301 e. The van der Waals surface area contributed by atoms with Gasteiger partial charge in [0.2, 0.25) is 0 Å². The molecule has 0 aromatic rings. The van der Waals surface area contributed by atoms with Gasteiger partial charge in [0.25, 0.3) is 0 Å². The van der Waals surface area contributed by atoms with E-state index in [0.717, 1.165) is 12.7 Å². The van der Waals surface area contributed by atoms with Crippen molar-refractivity contribution in [3.63, 3.8) is 0 Å². The summed E-state index contributed by atoms with van der Waals surface area (Å²) >= 11 is 0. The predicted molar refractivity (Wildman–Crippen MR) is 43.9 cm³/mol. The molecule has 1 rings (SSSR count). The van der Waals surface area contributed by atoms with E-state index in [-0.39, 0.29) is 0 Å². The van der Waals surface area contributed by atoms with Gasteiger partial charge in [-0.25, -0.2) is 0 Å². The molecule has 0 aromatic carbocycles. The molecule has 2 nitrogen and oxygen atoms in total. The second-order valence-corrected chi connectivity index (χ2v) is 2.97. The fraction of sp³-hybridized carbons (Fsp3) is 1.00. The van der Waals surface area contributed by atoms with Gasteiger partial charge in [0, 0.05) is 19.3 Å². The van der Waals surface area contributed by atoms with Crippen molar-refractivity contribution in [2.75, 3.05) is 19.8 Å². The van der Waals surface area contributed by atoms with Gasteiger partial charge in [-0.2, -0.15) is 0 Å². The Morgan fingerprint density at radius 3 is 2.70 bits per heavy atom. The van der Waals surface area contributed by atoms with E-state index in [9.17, 15) is 0 Å². The van der Waals surface area contributed by atoms with Crippen molar-refractivity contribution >= 4 is 0 Å². The van der Waals surface area contributed by atoms with Crippen molar-refractivity contribution in [1.82, 2.24) is 10.2 Å². The predicted octanol–water partition coefficient (Wildman–Crippen LogP) is 1.04. The van der Waals surface area contributed by atoms with Crippen molar-refractivity contribution in [3.8, 4) is 0 Å². The van der Waals surface area contributed by atoms with Crippen molar-refractivity contribution in [2.45, 2.75) is 32.7 Å². The van der Waals surface area contributed by atoms with E-state index in [0.29, 0.717) is 0 Å². The fourth-order valence-corrected chi connectivity index (χ4v) is 1.40. The van der Waals surface area contributed by atoms with Crippen molar-refractivity contribution in [2.24, 2.45) is 0 Å². The van der Waals surface area contributed by atoms with Crippen LogP contribution >= 0.6 is 0 Å². The van der Waals surface area contributed by atoms with Gasteiger partial charge in [0.1, 0.15) is 0 Å². The lowest BCUT2D eigenvalue weighted by molar-refractivity contribution is 0.188. The van der Waals surface area contributed by atoms with Crippen LogP contribution in [-0.2, 0) is 0 Å². The summed E-state index contributed by atoms with van der Waals surface area (Å²) < 4.78 is 0. The Kier molecular flexibility index (Phi) is 3.16. The highest BCUT2D eigenvalue weighted by molar-refractivity contribution is 4.72. The molecule has 0 radical (unpaired) electrons. The monoisotopic (exact) mass is 142 g/mol. The SMILES string of the molecule is CCC1CCN(CC)CN1.